The number of carbonyl (C=O) groups is 2. The van der Waals surface area contributed by atoms with E-state index in [0.717, 1.165) is 42.2 Å². The van der Waals surface area contributed by atoms with Gasteiger partial charge in [0.05, 0.1) is 11.8 Å². The molecule has 1 saturated carbocycles. The molecule has 4 rings (SSSR count). The van der Waals surface area contributed by atoms with Crippen LogP contribution in [0.4, 0.5) is 19.0 Å². The summed E-state index contributed by atoms with van der Waals surface area (Å²) in [6, 6.07) is 10.8. The number of carbonyl (C=O) groups excluding carboxylic acids is 2. The monoisotopic (exact) mass is 528 g/mol. The molecule has 1 fully saturated rings. The summed E-state index contributed by atoms with van der Waals surface area (Å²) in [6.45, 7) is 0.0849. The maximum absolute atomic E-state index is 13.3. The highest BCUT2D eigenvalue weighted by Gasteiger charge is 2.35. The Bertz CT molecular complexity index is 1300. The van der Waals surface area contributed by atoms with E-state index in [0.29, 0.717) is 12.4 Å². The first-order chi connectivity index (χ1) is 18.2. The van der Waals surface area contributed by atoms with E-state index in [1.807, 2.05) is 30.3 Å². The topological polar surface area (TPSA) is 103 Å². The van der Waals surface area contributed by atoms with Crippen molar-refractivity contribution in [3.63, 3.8) is 0 Å². The van der Waals surface area contributed by atoms with Crippen LogP contribution in [0.1, 0.15) is 66.2 Å². The van der Waals surface area contributed by atoms with Gasteiger partial charge in [-0.15, -0.1) is 0 Å². The van der Waals surface area contributed by atoms with E-state index in [2.05, 4.69) is 15.3 Å². The van der Waals surface area contributed by atoms with Crippen molar-refractivity contribution in [1.29, 1.82) is 0 Å². The second kappa shape index (κ2) is 12.0. The third-order valence-corrected chi connectivity index (χ3v) is 6.50. The van der Waals surface area contributed by atoms with Crippen LogP contribution in [0.15, 0.2) is 65.8 Å². The second-order valence-corrected chi connectivity index (χ2v) is 9.25. The van der Waals surface area contributed by atoms with E-state index in [9.17, 15) is 27.6 Å². The summed E-state index contributed by atoms with van der Waals surface area (Å²) >= 11 is 0. The van der Waals surface area contributed by atoms with Crippen molar-refractivity contribution in [2.45, 2.75) is 57.3 Å². The summed E-state index contributed by atoms with van der Waals surface area (Å²) in [5, 5.41) is 2.58. The van der Waals surface area contributed by atoms with Crippen LogP contribution in [0.25, 0.3) is 0 Å². The molecule has 11 heteroatoms. The van der Waals surface area contributed by atoms with Crippen molar-refractivity contribution >= 4 is 17.7 Å². The Morgan fingerprint density at radius 3 is 2.42 bits per heavy atom. The van der Waals surface area contributed by atoms with Gasteiger partial charge < -0.3 is 10.1 Å². The summed E-state index contributed by atoms with van der Waals surface area (Å²) < 4.78 is 46.0. The van der Waals surface area contributed by atoms with E-state index in [-0.39, 0.29) is 30.3 Å². The van der Waals surface area contributed by atoms with E-state index in [1.165, 1.54) is 18.3 Å². The van der Waals surface area contributed by atoms with Gasteiger partial charge in [-0.2, -0.15) is 13.2 Å². The summed E-state index contributed by atoms with van der Waals surface area (Å²) in [6.07, 6.45) is 2.48. The fourth-order valence-electron chi connectivity index (χ4n) is 4.50. The van der Waals surface area contributed by atoms with Crippen molar-refractivity contribution in [2.75, 3.05) is 5.32 Å². The molecule has 38 heavy (non-hydrogen) atoms. The number of hydrogen-bond acceptors (Lipinski definition) is 6. The first-order valence-corrected chi connectivity index (χ1v) is 12.3. The van der Waals surface area contributed by atoms with Crippen LogP contribution in [-0.4, -0.2) is 26.4 Å². The molecule has 0 radical (unpaired) electrons. The average molecular weight is 529 g/mol. The number of amides is 1. The number of anilines is 1. The van der Waals surface area contributed by atoms with Gasteiger partial charge in [0.1, 0.15) is 18.5 Å². The highest BCUT2D eigenvalue weighted by molar-refractivity contribution is 5.94. The average Bonchev–Trinajstić information content (AvgIpc) is 2.92. The zero-order chi connectivity index (χ0) is 27.1. The number of pyridine rings is 1. The molecule has 1 aromatic carbocycles. The SMILES string of the molecule is O=C(OCc1ccccc1)c1ccc(NC(=O)C(CC2CCCCC2)n2cc(C(F)(F)F)ncc2=O)nc1. The van der Waals surface area contributed by atoms with Crippen LogP contribution in [-0.2, 0) is 22.3 Å². The zero-order valence-electron chi connectivity index (χ0n) is 20.5. The van der Waals surface area contributed by atoms with Gasteiger partial charge in [-0.05, 0) is 30.0 Å². The number of halogens is 3. The number of rotatable bonds is 8. The first kappa shape index (κ1) is 27.0. The lowest BCUT2D eigenvalue weighted by Crippen LogP contribution is -2.36. The van der Waals surface area contributed by atoms with Gasteiger partial charge in [0.25, 0.3) is 5.56 Å². The molecular weight excluding hydrogens is 501 g/mol. The number of nitrogens with one attached hydrogen (secondary N) is 1. The molecule has 0 bridgehead atoms. The number of aromatic nitrogens is 3. The minimum Gasteiger partial charge on any atom is -0.457 e. The summed E-state index contributed by atoms with van der Waals surface area (Å²) in [5.41, 5.74) is -1.08. The van der Waals surface area contributed by atoms with E-state index in [1.54, 1.807) is 0 Å². The molecule has 3 aromatic rings. The molecule has 1 atom stereocenters. The molecule has 0 saturated heterocycles. The normalized spacial score (nSPS) is 15.0. The number of benzene rings is 1. The molecule has 0 aliphatic heterocycles. The molecule has 1 N–H and O–H groups in total. The molecule has 1 aliphatic rings. The predicted molar refractivity (Wildman–Crippen MR) is 132 cm³/mol. The van der Waals surface area contributed by atoms with Crippen LogP contribution < -0.4 is 10.9 Å². The Kier molecular flexibility index (Phi) is 8.55. The predicted octanol–water partition coefficient (Wildman–Crippen LogP) is 5.16. The Morgan fingerprint density at radius 1 is 1.03 bits per heavy atom. The lowest BCUT2D eigenvalue weighted by Gasteiger charge is -2.27. The molecular formula is C27H27F3N4O4. The summed E-state index contributed by atoms with van der Waals surface area (Å²) in [5.74, 6) is -1.11. The minimum atomic E-state index is -4.77. The van der Waals surface area contributed by atoms with Crippen LogP contribution in [0.5, 0.6) is 0 Å². The quantitative estimate of drug-likeness (QED) is 0.405. The van der Waals surface area contributed by atoms with Crippen molar-refractivity contribution in [3.05, 3.63) is 88.2 Å². The van der Waals surface area contributed by atoms with Crippen molar-refractivity contribution in [1.82, 2.24) is 14.5 Å². The smallest absolute Gasteiger partial charge is 0.434 e. The maximum Gasteiger partial charge on any atom is 0.434 e. The Balaban J connectivity index is 1.49. The number of ether oxygens (including phenoxy) is 1. The number of hydrogen-bond donors (Lipinski definition) is 1. The van der Waals surface area contributed by atoms with Gasteiger partial charge in [0.15, 0.2) is 5.69 Å². The third kappa shape index (κ3) is 7.05. The number of nitrogens with zero attached hydrogens (tertiary/aromatic N) is 3. The fourth-order valence-corrected chi connectivity index (χ4v) is 4.50. The van der Waals surface area contributed by atoms with Crippen molar-refractivity contribution < 1.29 is 27.5 Å². The van der Waals surface area contributed by atoms with Crippen LogP contribution >= 0.6 is 0 Å². The zero-order valence-corrected chi connectivity index (χ0v) is 20.5. The van der Waals surface area contributed by atoms with Gasteiger partial charge in [0, 0.05) is 12.4 Å². The summed E-state index contributed by atoms with van der Waals surface area (Å²) in [4.78, 5) is 45.4. The van der Waals surface area contributed by atoms with Gasteiger partial charge in [-0.3, -0.25) is 14.2 Å². The van der Waals surface area contributed by atoms with Gasteiger partial charge >= 0.3 is 12.1 Å². The standard InChI is InChI=1S/C27H27F3N4O4/c28-27(29,30)22-16-34(24(35)15-31-22)21(13-18-7-3-1-4-8-18)25(36)33-23-12-11-20(14-32-23)26(37)38-17-19-9-5-2-6-10-19/h2,5-6,9-12,14-16,18,21H,1,3-4,7-8,13,17H2,(H,32,33,36). The molecule has 2 heterocycles. The van der Waals surface area contributed by atoms with Gasteiger partial charge in [-0.1, -0.05) is 62.4 Å². The number of esters is 1. The molecule has 2 aromatic heterocycles. The van der Waals surface area contributed by atoms with E-state index in [4.69, 9.17) is 4.74 Å². The Labute approximate surface area is 216 Å². The largest absolute Gasteiger partial charge is 0.457 e. The van der Waals surface area contributed by atoms with Crippen LogP contribution in [0.2, 0.25) is 0 Å². The lowest BCUT2D eigenvalue weighted by atomic mass is 9.84. The third-order valence-electron chi connectivity index (χ3n) is 6.50. The van der Waals surface area contributed by atoms with Gasteiger partial charge in [-0.25, -0.2) is 14.8 Å². The highest BCUT2D eigenvalue weighted by Crippen LogP contribution is 2.32. The van der Waals surface area contributed by atoms with E-state index < -0.39 is 35.3 Å². The molecule has 1 aliphatic carbocycles. The molecule has 1 amide bonds. The molecule has 1 unspecified atom stereocenters. The van der Waals surface area contributed by atoms with Crippen LogP contribution in [0.3, 0.4) is 0 Å². The lowest BCUT2D eigenvalue weighted by molar-refractivity contribution is -0.142. The second-order valence-electron chi connectivity index (χ2n) is 9.25. The minimum absolute atomic E-state index is 0.0846. The molecule has 0 spiro atoms. The Hall–Kier alpha value is -4.02. The summed E-state index contributed by atoms with van der Waals surface area (Å²) in [7, 11) is 0. The first-order valence-electron chi connectivity index (χ1n) is 12.3. The highest BCUT2D eigenvalue weighted by atomic mass is 19.4. The fraction of sp³-hybridized carbons (Fsp3) is 0.370. The van der Waals surface area contributed by atoms with Crippen molar-refractivity contribution in [3.8, 4) is 0 Å². The maximum atomic E-state index is 13.3. The Morgan fingerprint density at radius 2 is 1.76 bits per heavy atom. The number of alkyl halides is 3. The molecule has 8 nitrogen and oxygen atoms in total. The van der Waals surface area contributed by atoms with Crippen LogP contribution in [0, 0.1) is 5.92 Å². The van der Waals surface area contributed by atoms with E-state index >= 15 is 0 Å². The van der Waals surface area contributed by atoms with Crippen molar-refractivity contribution in [2.24, 2.45) is 5.92 Å². The van der Waals surface area contributed by atoms with Gasteiger partial charge in [0.2, 0.25) is 5.91 Å². The molecule has 200 valence electrons.